The number of ether oxygens (including phenoxy) is 1. The number of nitrogens with zero attached hydrogens (tertiary/aromatic N) is 2. The zero-order valence-electron chi connectivity index (χ0n) is 31.2. The summed E-state index contributed by atoms with van der Waals surface area (Å²) in [4.78, 5) is 33.2. The van der Waals surface area contributed by atoms with Crippen molar-refractivity contribution < 1.29 is 32.0 Å². The summed E-state index contributed by atoms with van der Waals surface area (Å²) >= 11 is 0. The maximum absolute atomic E-state index is 13.3. The Labute approximate surface area is 314 Å². The van der Waals surface area contributed by atoms with E-state index in [4.69, 9.17) is 14.0 Å². The van der Waals surface area contributed by atoms with E-state index in [0.29, 0.717) is 25.2 Å². The van der Waals surface area contributed by atoms with Crippen LogP contribution in [0.25, 0.3) is 0 Å². The molecule has 280 valence electrons. The number of amides is 2. The summed E-state index contributed by atoms with van der Waals surface area (Å²) in [5.41, 5.74) is 3.44. The van der Waals surface area contributed by atoms with Crippen molar-refractivity contribution >= 4 is 40.5 Å². The number of hydroxylamine groups is 1. The Morgan fingerprint density at radius 2 is 1.68 bits per heavy atom. The molecule has 1 aromatic heterocycles. The molecule has 1 aliphatic carbocycles. The number of hydrogen-bond acceptors (Lipinski definition) is 7. The normalized spacial score (nSPS) is 19.2. The van der Waals surface area contributed by atoms with Crippen LogP contribution in [0.3, 0.4) is 0 Å². The first-order valence-electron chi connectivity index (χ1n) is 18.2. The number of carbonyl (C=O) groups is 2. The van der Waals surface area contributed by atoms with Crippen LogP contribution < -0.4 is 15.9 Å². The molecule has 2 atom stereocenters. The fraction of sp³-hybridized carbons (Fsp3) is 0.463. The highest BCUT2D eigenvalue weighted by molar-refractivity contribution is 7.92. The first-order chi connectivity index (χ1) is 25.2. The largest absolute Gasteiger partial charge is 0.406 e. The predicted octanol–water partition coefficient (Wildman–Crippen LogP) is 4.75. The number of sulfone groups is 1. The number of carbonyl (C=O) groups excluding carboxylic acids is 2. The van der Waals surface area contributed by atoms with E-state index >= 15 is 0 Å². The second kappa shape index (κ2) is 15.3. The molecular weight excluding hydrogens is 707 g/mol. The van der Waals surface area contributed by atoms with Crippen molar-refractivity contribution in [1.82, 2.24) is 14.9 Å². The van der Waals surface area contributed by atoms with E-state index in [-0.39, 0.29) is 36.0 Å². The first kappa shape index (κ1) is 38.5. The van der Waals surface area contributed by atoms with E-state index in [2.05, 4.69) is 98.5 Å². The van der Waals surface area contributed by atoms with E-state index in [1.807, 2.05) is 18.2 Å². The predicted molar refractivity (Wildman–Crippen MR) is 206 cm³/mol. The molecule has 3 aromatic rings. The van der Waals surface area contributed by atoms with Crippen LogP contribution in [0.1, 0.15) is 77.5 Å². The van der Waals surface area contributed by atoms with E-state index in [1.54, 1.807) is 6.20 Å². The molecule has 12 heteroatoms. The van der Waals surface area contributed by atoms with Crippen LogP contribution in [0.4, 0.5) is 4.79 Å². The third-order valence-electron chi connectivity index (χ3n) is 10.7. The van der Waals surface area contributed by atoms with Gasteiger partial charge in [0.15, 0.2) is 20.9 Å². The van der Waals surface area contributed by atoms with Gasteiger partial charge in [0.25, 0.3) is 14.2 Å². The van der Waals surface area contributed by atoms with Gasteiger partial charge in [-0.2, -0.15) is 0 Å². The SMILES string of the molecule is CC(C)(C)[Si](OCC1(C#CC#Cc2cc3n(c2)C(=O)N(CCC(C)(C(=O)NOC2CCCCO2)S(C)(=O)=O)C3)CC1)(c1ccccc1)c1ccccc1. The van der Waals surface area contributed by atoms with E-state index < -0.39 is 35.1 Å². The smallest absolute Gasteiger partial charge is 0.328 e. The van der Waals surface area contributed by atoms with Crippen LogP contribution in [0, 0.1) is 29.1 Å². The molecule has 0 bridgehead atoms. The minimum atomic E-state index is -3.86. The summed E-state index contributed by atoms with van der Waals surface area (Å²) in [6.07, 6.45) is 6.28. The minimum absolute atomic E-state index is 0.0575. The highest BCUT2D eigenvalue weighted by Crippen LogP contribution is 2.47. The lowest BCUT2D eigenvalue weighted by molar-refractivity contribution is -0.201. The molecule has 1 N–H and O–H groups in total. The van der Waals surface area contributed by atoms with Crippen molar-refractivity contribution in [1.29, 1.82) is 0 Å². The highest BCUT2D eigenvalue weighted by atomic mass is 32.2. The standard InChI is InChI=1S/C41H49N3O7SSi/c1-39(2,3)53(34-17-8-6-9-18-34,35-19-10-7-11-20-35)50-31-41(23-24-41)22-14-12-16-32-28-33-30-43(38(46)44(33)29-32)26-25-40(4,52(5,47)48)37(45)42-51-36-21-13-15-27-49-36/h6-11,17-20,28-29,36H,13,15,21,23-27,30-31H2,1-5H3,(H,42,45). The molecule has 0 radical (unpaired) electrons. The van der Waals surface area contributed by atoms with Gasteiger partial charge in [0.1, 0.15) is 0 Å². The van der Waals surface area contributed by atoms with E-state index in [1.165, 1.54) is 26.8 Å². The second-order valence-corrected chi connectivity index (χ2v) is 22.4. The molecule has 2 fully saturated rings. The Hall–Kier alpha value is -4.17. The summed E-state index contributed by atoms with van der Waals surface area (Å²) in [5, 5.41) is 2.35. The highest BCUT2D eigenvalue weighted by Gasteiger charge is 2.53. The lowest BCUT2D eigenvalue weighted by atomic mass is 10.1. The maximum atomic E-state index is 13.3. The summed E-state index contributed by atoms with van der Waals surface area (Å²) in [6, 6.07) is 22.7. The van der Waals surface area contributed by atoms with Crippen molar-refractivity contribution in [2.24, 2.45) is 5.41 Å². The Balaban J connectivity index is 1.09. The van der Waals surface area contributed by atoms with Crippen LogP contribution in [0.2, 0.25) is 5.04 Å². The third-order valence-corrected chi connectivity index (χ3v) is 17.7. The maximum Gasteiger partial charge on any atom is 0.328 e. The third kappa shape index (κ3) is 8.18. The number of aromatic nitrogens is 1. The lowest BCUT2D eigenvalue weighted by Crippen LogP contribution is -2.67. The molecular formula is C41H49N3O7SSi. The van der Waals surface area contributed by atoms with Crippen LogP contribution in [-0.2, 0) is 35.2 Å². The molecule has 2 unspecified atom stereocenters. The Morgan fingerprint density at radius 1 is 1.02 bits per heavy atom. The number of fused-ring (bicyclic) bond motifs is 1. The van der Waals surface area contributed by atoms with Crippen molar-refractivity contribution in [2.75, 3.05) is 26.0 Å². The van der Waals surface area contributed by atoms with Gasteiger partial charge in [-0.25, -0.2) is 23.5 Å². The molecule has 0 spiro atoms. The van der Waals surface area contributed by atoms with Gasteiger partial charge < -0.3 is 14.1 Å². The quantitative estimate of drug-likeness (QED) is 0.161. The van der Waals surface area contributed by atoms with Gasteiger partial charge in [0, 0.05) is 43.3 Å². The van der Waals surface area contributed by atoms with E-state index in [9.17, 15) is 18.0 Å². The number of rotatable bonds is 12. The Morgan fingerprint density at radius 3 is 2.23 bits per heavy atom. The minimum Gasteiger partial charge on any atom is -0.406 e. The fourth-order valence-corrected chi connectivity index (χ4v) is 12.5. The van der Waals surface area contributed by atoms with Gasteiger partial charge in [0.05, 0.1) is 18.6 Å². The van der Waals surface area contributed by atoms with Gasteiger partial charge in [-0.15, -0.1) is 0 Å². The Kier molecular flexibility index (Phi) is 11.1. The first-order valence-corrected chi connectivity index (χ1v) is 22.0. The van der Waals surface area contributed by atoms with Gasteiger partial charge in [0.2, 0.25) is 0 Å². The lowest BCUT2D eigenvalue weighted by Gasteiger charge is -2.43. The van der Waals surface area contributed by atoms with Gasteiger partial charge in [-0.3, -0.25) is 9.36 Å². The van der Waals surface area contributed by atoms with Crippen LogP contribution >= 0.6 is 0 Å². The van der Waals surface area contributed by atoms with Gasteiger partial charge in [-0.1, -0.05) is 93.3 Å². The zero-order chi connectivity index (χ0) is 37.9. The summed E-state index contributed by atoms with van der Waals surface area (Å²) < 4.78 is 37.9. The molecule has 3 heterocycles. The zero-order valence-corrected chi connectivity index (χ0v) is 33.1. The number of nitrogens with one attached hydrogen (secondary N) is 1. The average Bonchev–Trinajstić information content (AvgIpc) is 3.70. The van der Waals surface area contributed by atoms with Gasteiger partial charge in [-0.05, 0) is 72.3 Å². The van der Waals surface area contributed by atoms with Crippen molar-refractivity contribution in [2.45, 2.75) is 88.8 Å². The summed E-state index contributed by atoms with van der Waals surface area (Å²) in [5.74, 6) is 11.8. The molecule has 10 nitrogen and oxygen atoms in total. The molecule has 1 saturated heterocycles. The topological polar surface area (TPSA) is 116 Å². The number of benzene rings is 2. The molecule has 53 heavy (non-hydrogen) atoms. The summed E-state index contributed by atoms with van der Waals surface area (Å²) in [6.45, 7) is 9.53. The van der Waals surface area contributed by atoms with Crippen LogP contribution in [0.15, 0.2) is 72.9 Å². The van der Waals surface area contributed by atoms with E-state index in [0.717, 1.165) is 37.6 Å². The molecule has 2 aromatic carbocycles. The van der Waals surface area contributed by atoms with Crippen molar-refractivity contribution in [3.05, 3.63) is 84.2 Å². The van der Waals surface area contributed by atoms with Crippen LogP contribution in [-0.4, -0.2) is 75.2 Å². The average molecular weight is 756 g/mol. The Bertz CT molecular complexity index is 2010. The molecule has 1 saturated carbocycles. The van der Waals surface area contributed by atoms with Gasteiger partial charge >= 0.3 is 6.03 Å². The number of hydrogen-bond donors (Lipinski definition) is 1. The molecule has 2 amide bonds. The monoisotopic (exact) mass is 755 g/mol. The molecule has 2 aliphatic heterocycles. The molecule has 6 rings (SSSR count). The van der Waals surface area contributed by atoms with Crippen molar-refractivity contribution in [3.63, 3.8) is 0 Å². The van der Waals surface area contributed by atoms with Crippen LogP contribution in [0.5, 0.6) is 0 Å². The second-order valence-electron chi connectivity index (χ2n) is 15.6. The van der Waals surface area contributed by atoms with Crippen molar-refractivity contribution in [3.8, 4) is 23.7 Å². The fourth-order valence-electron chi connectivity index (χ4n) is 7.05. The molecule has 3 aliphatic rings. The summed E-state index contributed by atoms with van der Waals surface area (Å²) in [7, 11) is -6.54.